The number of rotatable bonds is 4. The van der Waals surface area contributed by atoms with Crippen molar-refractivity contribution in [3.05, 3.63) is 41.5 Å². The fourth-order valence-electron chi connectivity index (χ4n) is 3.16. The summed E-state index contributed by atoms with van der Waals surface area (Å²) in [5, 5.41) is 11.6. The second-order valence-electron chi connectivity index (χ2n) is 6.33. The van der Waals surface area contributed by atoms with Crippen LogP contribution in [-0.2, 0) is 4.79 Å². The van der Waals surface area contributed by atoms with E-state index in [2.05, 4.69) is 25.6 Å². The Morgan fingerprint density at radius 3 is 2.72 bits per heavy atom. The van der Waals surface area contributed by atoms with Crippen LogP contribution in [0.25, 0.3) is 0 Å². The summed E-state index contributed by atoms with van der Waals surface area (Å²) in [6.45, 7) is 1.23. The highest BCUT2D eigenvalue weighted by atomic mass is 35.5. The smallest absolute Gasteiger partial charge is 0.244 e. The van der Waals surface area contributed by atoms with Crippen molar-refractivity contribution < 1.29 is 4.79 Å². The van der Waals surface area contributed by atoms with Crippen molar-refractivity contribution in [3.63, 3.8) is 0 Å². The summed E-state index contributed by atoms with van der Waals surface area (Å²) in [6, 6.07) is -0.143. The third-order valence-corrected chi connectivity index (χ3v) is 4.81. The number of anilines is 1. The first kappa shape index (κ1) is 16.0. The number of nitrogens with one attached hydrogen (secondary N) is 1. The predicted octanol–water partition coefficient (Wildman–Crippen LogP) is 1.38. The van der Waals surface area contributed by atoms with Gasteiger partial charge in [0.2, 0.25) is 11.9 Å². The summed E-state index contributed by atoms with van der Waals surface area (Å²) in [5.41, 5.74) is 1.21. The van der Waals surface area contributed by atoms with Crippen molar-refractivity contribution in [2.75, 3.05) is 18.0 Å². The van der Waals surface area contributed by atoms with Crippen LogP contribution in [0.3, 0.4) is 0 Å². The first-order chi connectivity index (χ1) is 12.2. The van der Waals surface area contributed by atoms with Crippen molar-refractivity contribution in [1.29, 1.82) is 0 Å². The summed E-state index contributed by atoms with van der Waals surface area (Å²) in [4.78, 5) is 22.9. The topological polar surface area (TPSA) is 88.8 Å². The van der Waals surface area contributed by atoms with Crippen molar-refractivity contribution in [2.24, 2.45) is 0 Å². The number of halogens is 1. The van der Waals surface area contributed by atoms with Crippen molar-refractivity contribution in [1.82, 2.24) is 30.3 Å². The Kier molecular flexibility index (Phi) is 4.35. The molecule has 0 radical (unpaired) electrons. The number of hydrogen-bond donors (Lipinski definition) is 1. The van der Waals surface area contributed by atoms with Gasteiger partial charge in [-0.2, -0.15) is 0 Å². The third-order valence-electron chi connectivity index (χ3n) is 4.62. The zero-order chi connectivity index (χ0) is 17.2. The molecule has 1 amide bonds. The zero-order valence-corrected chi connectivity index (χ0v) is 14.3. The molecular formula is C16H18ClN7O. The monoisotopic (exact) mass is 359 g/mol. The maximum absolute atomic E-state index is 12.3. The highest BCUT2D eigenvalue weighted by Crippen LogP contribution is 2.26. The molecule has 2 fully saturated rings. The molecule has 3 heterocycles. The number of aromatic nitrogens is 5. The summed E-state index contributed by atoms with van der Waals surface area (Å²) < 4.78 is 1.78. The van der Waals surface area contributed by atoms with Gasteiger partial charge in [0.1, 0.15) is 0 Å². The highest BCUT2D eigenvalue weighted by molar-refractivity contribution is 6.30. The summed E-state index contributed by atoms with van der Waals surface area (Å²) in [5.74, 6) is 0.535. The molecule has 1 aliphatic carbocycles. The maximum Gasteiger partial charge on any atom is 0.244 e. The van der Waals surface area contributed by atoms with Crippen LogP contribution in [0.2, 0.25) is 5.02 Å². The molecule has 1 aliphatic heterocycles. The van der Waals surface area contributed by atoms with Crippen molar-refractivity contribution in [3.8, 4) is 0 Å². The van der Waals surface area contributed by atoms with Gasteiger partial charge in [-0.05, 0) is 19.3 Å². The summed E-state index contributed by atoms with van der Waals surface area (Å²) in [7, 11) is 0. The standard InChI is InChI=1S/C16H18ClN7O/c17-12-7-18-16(19-8-12)23-9-13(14(10-23)24-5-4-20-22-24)21-15(25)6-11-2-1-3-11/h4-8,13-14H,1-3,9-10H2,(H,21,25)/t13-,14+/m1/s1. The van der Waals surface area contributed by atoms with E-state index in [1.807, 2.05) is 4.90 Å². The Morgan fingerprint density at radius 2 is 2.08 bits per heavy atom. The number of amides is 1. The molecule has 25 heavy (non-hydrogen) atoms. The number of carbonyl (C=O) groups is 1. The van der Waals surface area contributed by atoms with E-state index in [4.69, 9.17) is 11.6 Å². The molecule has 8 nitrogen and oxygen atoms in total. The molecule has 1 saturated heterocycles. The van der Waals surface area contributed by atoms with E-state index in [0.717, 1.165) is 12.8 Å². The molecule has 1 saturated carbocycles. The van der Waals surface area contributed by atoms with Gasteiger partial charge in [0.15, 0.2) is 0 Å². The Labute approximate surface area is 149 Å². The second kappa shape index (κ2) is 6.79. The van der Waals surface area contributed by atoms with Crippen LogP contribution >= 0.6 is 11.6 Å². The van der Waals surface area contributed by atoms with Crippen LogP contribution in [0, 0.1) is 0 Å². The van der Waals surface area contributed by atoms with Crippen LogP contribution in [-0.4, -0.2) is 50.0 Å². The zero-order valence-electron chi connectivity index (χ0n) is 13.5. The molecule has 0 bridgehead atoms. The van der Waals surface area contributed by atoms with Gasteiger partial charge >= 0.3 is 0 Å². The fraction of sp³-hybridized carbons (Fsp3) is 0.438. The molecule has 0 spiro atoms. The van der Waals surface area contributed by atoms with Gasteiger partial charge in [-0.15, -0.1) is 5.10 Å². The lowest BCUT2D eigenvalue weighted by Gasteiger charge is -2.20. The second-order valence-corrected chi connectivity index (χ2v) is 6.76. The van der Waals surface area contributed by atoms with Crippen LogP contribution in [0.5, 0.6) is 0 Å². The molecule has 9 heteroatoms. The predicted molar refractivity (Wildman–Crippen MR) is 92.2 cm³/mol. The van der Waals surface area contributed by atoms with Crippen molar-refractivity contribution >= 4 is 23.5 Å². The lowest BCUT2D eigenvalue weighted by Crippen LogP contribution is -2.41. The molecule has 0 unspecified atom stereocenters. The van der Waals surface area contributed by atoms with Gasteiger partial charge in [-0.3, -0.25) is 4.79 Å². The van der Waals surface area contributed by atoms with Crippen LogP contribution in [0.1, 0.15) is 25.3 Å². The molecule has 1 N–H and O–H groups in total. The van der Waals surface area contributed by atoms with Gasteiger partial charge in [0.05, 0.1) is 35.7 Å². The van der Waals surface area contributed by atoms with Gasteiger partial charge in [-0.1, -0.05) is 22.4 Å². The van der Waals surface area contributed by atoms with E-state index in [1.54, 1.807) is 35.5 Å². The lowest BCUT2D eigenvalue weighted by molar-refractivity contribution is -0.117. The molecule has 2 aromatic heterocycles. The first-order valence-corrected chi connectivity index (χ1v) is 8.65. The van der Waals surface area contributed by atoms with Crippen LogP contribution < -0.4 is 10.2 Å². The fourth-order valence-corrected chi connectivity index (χ4v) is 3.26. The normalized spacial score (nSPS) is 22.6. The van der Waals surface area contributed by atoms with Gasteiger partial charge in [-0.25, -0.2) is 14.6 Å². The Balaban J connectivity index is 1.52. The minimum absolute atomic E-state index is 0.0366. The van der Waals surface area contributed by atoms with Gasteiger partial charge in [0, 0.05) is 25.4 Å². The molecule has 2 atom stereocenters. The minimum Gasteiger partial charge on any atom is -0.346 e. The first-order valence-electron chi connectivity index (χ1n) is 8.27. The Bertz CT molecular complexity index is 768. The SMILES string of the molecule is O=C(C=C1CCC1)N[C@@H]1CN(c2ncc(Cl)cn2)C[C@@H]1n1ccnn1. The largest absolute Gasteiger partial charge is 0.346 e. The van der Waals surface area contributed by atoms with E-state index in [9.17, 15) is 4.79 Å². The number of nitrogens with zero attached hydrogens (tertiary/aromatic N) is 6. The maximum atomic E-state index is 12.3. The molecular weight excluding hydrogens is 342 g/mol. The summed E-state index contributed by atoms with van der Waals surface area (Å²) >= 11 is 5.86. The molecule has 130 valence electrons. The Morgan fingerprint density at radius 1 is 1.28 bits per heavy atom. The van der Waals surface area contributed by atoms with Crippen molar-refractivity contribution in [2.45, 2.75) is 31.3 Å². The number of hydrogen-bond acceptors (Lipinski definition) is 6. The minimum atomic E-state index is -0.106. The average Bonchev–Trinajstić information content (AvgIpc) is 3.21. The Hall–Kier alpha value is -2.48. The van der Waals surface area contributed by atoms with Gasteiger partial charge < -0.3 is 10.2 Å². The van der Waals surface area contributed by atoms with E-state index in [0.29, 0.717) is 24.1 Å². The van der Waals surface area contributed by atoms with Gasteiger partial charge in [0.25, 0.3) is 0 Å². The van der Waals surface area contributed by atoms with Crippen LogP contribution in [0.15, 0.2) is 36.4 Å². The van der Waals surface area contributed by atoms with E-state index >= 15 is 0 Å². The molecule has 0 aromatic carbocycles. The third kappa shape index (κ3) is 3.48. The highest BCUT2D eigenvalue weighted by Gasteiger charge is 2.36. The molecule has 2 aliphatic rings. The quantitative estimate of drug-likeness (QED) is 0.829. The lowest BCUT2D eigenvalue weighted by atomic mass is 9.92. The van der Waals surface area contributed by atoms with E-state index in [1.165, 1.54) is 12.0 Å². The van der Waals surface area contributed by atoms with E-state index in [-0.39, 0.29) is 18.0 Å². The number of allylic oxidation sites excluding steroid dienone is 1. The van der Waals surface area contributed by atoms with E-state index < -0.39 is 0 Å². The van der Waals surface area contributed by atoms with Crippen LogP contribution in [0.4, 0.5) is 5.95 Å². The average molecular weight is 360 g/mol. The molecule has 2 aromatic rings. The molecule has 4 rings (SSSR count). The number of carbonyl (C=O) groups excluding carboxylic acids is 1. The summed E-state index contributed by atoms with van der Waals surface area (Å²) in [6.07, 6.45) is 11.5.